The first-order chi connectivity index (χ1) is 17.6. The fourth-order valence-corrected chi connectivity index (χ4v) is 4.81. The summed E-state index contributed by atoms with van der Waals surface area (Å²) in [5.41, 5.74) is -2.32. The lowest BCUT2D eigenvalue weighted by Gasteiger charge is -2.28. The number of aryl methyl sites for hydroxylation is 1. The molecule has 3 heterocycles. The average molecular weight is 541 g/mol. The number of benzene rings is 1. The zero-order valence-corrected chi connectivity index (χ0v) is 20.4. The normalized spacial score (nSPS) is 16.0. The number of carboxylic acid groups (broad SMARTS) is 1. The number of fused-ring (bicyclic) bond motifs is 1. The summed E-state index contributed by atoms with van der Waals surface area (Å²) in [4.78, 5) is 32.1. The van der Waals surface area contributed by atoms with Gasteiger partial charge in [-0.15, -0.1) is 0 Å². The monoisotopic (exact) mass is 540 g/mol. The van der Waals surface area contributed by atoms with Crippen LogP contribution in [0, 0.1) is 11.6 Å². The molecule has 198 valence electrons. The summed E-state index contributed by atoms with van der Waals surface area (Å²) in [6.45, 7) is 0.00128. The molecule has 4 rings (SSSR count). The number of nitrogens with one attached hydrogen (secondary N) is 1. The Balaban J connectivity index is 1.76. The van der Waals surface area contributed by atoms with Crippen molar-refractivity contribution in [3.63, 3.8) is 0 Å². The van der Waals surface area contributed by atoms with Crippen molar-refractivity contribution >= 4 is 39.5 Å². The van der Waals surface area contributed by atoms with E-state index in [0.29, 0.717) is 10.8 Å². The number of hydrogen-bond donors (Lipinski definition) is 3. The van der Waals surface area contributed by atoms with Crippen LogP contribution in [0.3, 0.4) is 0 Å². The molecule has 0 radical (unpaired) electrons. The van der Waals surface area contributed by atoms with E-state index in [0.717, 1.165) is 21.7 Å². The van der Waals surface area contributed by atoms with Crippen LogP contribution in [-0.2, 0) is 22.7 Å². The Hall–Kier alpha value is -3.72. The van der Waals surface area contributed by atoms with Crippen molar-refractivity contribution < 1.29 is 31.5 Å². The van der Waals surface area contributed by atoms with E-state index in [1.807, 2.05) is 0 Å². The number of carboxylic acids is 1. The van der Waals surface area contributed by atoms with Crippen LogP contribution >= 0.6 is 0 Å². The fourth-order valence-electron chi connectivity index (χ4n) is 4.11. The van der Waals surface area contributed by atoms with Gasteiger partial charge in [0.1, 0.15) is 23.3 Å². The van der Waals surface area contributed by atoms with Gasteiger partial charge < -0.3 is 10.4 Å². The highest BCUT2D eigenvalue weighted by Gasteiger charge is 2.32. The third kappa shape index (κ3) is 5.36. The lowest BCUT2D eigenvalue weighted by molar-refractivity contribution is -0.137. The summed E-state index contributed by atoms with van der Waals surface area (Å²) < 4.78 is 69.8. The summed E-state index contributed by atoms with van der Waals surface area (Å²) in [7, 11) is -2.10. The highest BCUT2D eigenvalue weighted by atomic mass is 32.2. The molecular weight excluding hydrogens is 517 g/mol. The number of anilines is 2. The molecule has 1 aromatic carbocycles. The van der Waals surface area contributed by atoms with E-state index in [1.165, 1.54) is 19.3 Å². The minimum Gasteiger partial charge on any atom is -0.481 e. The van der Waals surface area contributed by atoms with Crippen LogP contribution in [0.15, 0.2) is 29.2 Å². The fraction of sp³-hybridized carbons (Fsp3) is 0.364. The van der Waals surface area contributed by atoms with Crippen molar-refractivity contribution in [2.75, 3.05) is 29.4 Å². The molecule has 2 N–H and O–H groups in total. The van der Waals surface area contributed by atoms with Crippen LogP contribution in [0.25, 0.3) is 22.2 Å². The SMILES string of the molecule is Cn1c(=O)c(-c2c(F)ccc(N(N3CC[C@@H](F)C3)[SH](=O)=O)c2F)cc2cnc(NCCCC(=O)O)nc21. The molecule has 0 unspecified atom stereocenters. The molecule has 1 aliphatic rings. The predicted octanol–water partition coefficient (Wildman–Crippen LogP) is 1.84. The summed E-state index contributed by atoms with van der Waals surface area (Å²) >= 11 is 0. The number of nitrogens with zero attached hydrogens (tertiary/aromatic N) is 5. The zero-order chi connectivity index (χ0) is 26.9. The van der Waals surface area contributed by atoms with Gasteiger partial charge in [0.05, 0.1) is 17.7 Å². The van der Waals surface area contributed by atoms with Gasteiger partial charge in [0, 0.05) is 38.1 Å². The maximum atomic E-state index is 15.7. The van der Waals surface area contributed by atoms with Crippen molar-refractivity contribution in [2.45, 2.75) is 25.4 Å². The van der Waals surface area contributed by atoms with Crippen LogP contribution in [0.4, 0.5) is 24.8 Å². The van der Waals surface area contributed by atoms with Gasteiger partial charge in [-0.3, -0.25) is 14.2 Å². The van der Waals surface area contributed by atoms with E-state index in [4.69, 9.17) is 5.11 Å². The minimum absolute atomic E-state index is 0.0123. The number of hydrogen-bond acceptors (Lipinski definition) is 8. The number of rotatable bonds is 9. The molecule has 3 aromatic rings. The second-order valence-electron chi connectivity index (χ2n) is 8.40. The number of aromatic nitrogens is 3. The van der Waals surface area contributed by atoms with E-state index < -0.39 is 51.5 Å². The largest absolute Gasteiger partial charge is 0.481 e. The second kappa shape index (κ2) is 10.7. The number of halogens is 3. The van der Waals surface area contributed by atoms with Crippen LogP contribution in [0.2, 0.25) is 0 Å². The van der Waals surface area contributed by atoms with E-state index >= 15 is 4.39 Å². The summed E-state index contributed by atoms with van der Waals surface area (Å²) in [6, 6.07) is 2.96. The van der Waals surface area contributed by atoms with Gasteiger partial charge in [0.15, 0.2) is 5.82 Å². The first kappa shape index (κ1) is 26.3. The average Bonchev–Trinajstić information content (AvgIpc) is 3.27. The van der Waals surface area contributed by atoms with Crippen molar-refractivity contribution in [1.82, 2.24) is 19.5 Å². The Kier molecular flexibility index (Phi) is 7.63. The van der Waals surface area contributed by atoms with Gasteiger partial charge in [-0.05, 0) is 31.0 Å². The van der Waals surface area contributed by atoms with Crippen molar-refractivity contribution in [3.8, 4) is 11.1 Å². The Morgan fingerprint density at radius 1 is 1.32 bits per heavy atom. The first-order valence-corrected chi connectivity index (χ1v) is 12.4. The Bertz CT molecular complexity index is 1490. The lowest BCUT2D eigenvalue weighted by atomic mass is 10.0. The van der Waals surface area contributed by atoms with Gasteiger partial charge >= 0.3 is 5.97 Å². The molecule has 1 atom stereocenters. The summed E-state index contributed by atoms with van der Waals surface area (Å²) in [5.74, 6) is -3.21. The quantitative estimate of drug-likeness (QED) is 0.274. The molecule has 0 spiro atoms. The smallest absolute Gasteiger partial charge is 0.303 e. The highest BCUT2D eigenvalue weighted by Crippen LogP contribution is 2.33. The minimum atomic E-state index is -3.45. The molecule has 1 fully saturated rings. The highest BCUT2D eigenvalue weighted by molar-refractivity contribution is 7.73. The molecule has 11 nitrogen and oxygen atoms in total. The van der Waals surface area contributed by atoms with Crippen LogP contribution in [0.1, 0.15) is 19.3 Å². The van der Waals surface area contributed by atoms with E-state index in [2.05, 4.69) is 15.3 Å². The van der Waals surface area contributed by atoms with Gasteiger partial charge in [-0.1, -0.05) is 0 Å². The maximum Gasteiger partial charge on any atom is 0.303 e. The first-order valence-electron chi connectivity index (χ1n) is 11.2. The molecule has 1 saturated heterocycles. The van der Waals surface area contributed by atoms with Gasteiger partial charge in [0.25, 0.3) is 5.56 Å². The standard InChI is InChI=1S/C22H23F3N6O5S/c1-29-20-12(10-27-22(28-20)26-7-2-3-17(32)33)9-14(21(29)34)18-15(24)4-5-16(19(18)25)31(37(35)36)30-8-6-13(23)11-30/h4-5,9-10,13,37H,2-3,6-8,11H2,1H3,(H,32,33)(H,26,27,28)/t13-/m1/s1. The third-order valence-electron chi connectivity index (χ3n) is 5.89. The number of pyridine rings is 1. The topological polar surface area (TPSA) is 138 Å². The van der Waals surface area contributed by atoms with Crippen LogP contribution < -0.4 is 15.3 Å². The number of aliphatic carboxylic acids is 1. The predicted molar refractivity (Wildman–Crippen MR) is 129 cm³/mol. The maximum absolute atomic E-state index is 15.7. The summed E-state index contributed by atoms with van der Waals surface area (Å²) in [5, 5.41) is 12.9. The molecular formula is C22H23F3N6O5S. The van der Waals surface area contributed by atoms with E-state index in [-0.39, 0.29) is 55.0 Å². The lowest BCUT2D eigenvalue weighted by Crippen LogP contribution is -2.41. The molecule has 37 heavy (non-hydrogen) atoms. The molecule has 0 aliphatic carbocycles. The van der Waals surface area contributed by atoms with Crippen molar-refractivity contribution in [2.24, 2.45) is 7.05 Å². The molecule has 1 aliphatic heterocycles. The Labute approximate surface area is 210 Å². The Morgan fingerprint density at radius 3 is 2.73 bits per heavy atom. The zero-order valence-electron chi connectivity index (χ0n) is 19.5. The molecule has 2 aromatic heterocycles. The van der Waals surface area contributed by atoms with E-state index in [1.54, 1.807) is 0 Å². The number of carbonyl (C=O) groups is 1. The number of hydrazine groups is 1. The molecule has 0 amide bonds. The second-order valence-corrected chi connectivity index (χ2v) is 9.25. The van der Waals surface area contributed by atoms with Crippen molar-refractivity contribution in [3.05, 3.63) is 46.4 Å². The number of alkyl halides is 1. The Morgan fingerprint density at radius 2 is 2.08 bits per heavy atom. The van der Waals surface area contributed by atoms with Gasteiger partial charge in [-0.25, -0.2) is 31.6 Å². The summed E-state index contributed by atoms with van der Waals surface area (Å²) in [6.07, 6.45) is 0.347. The van der Waals surface area contributed by atoms with E-state index in [9.17, 15) is 26.8 Å². The van der Waals surface area contributed by atoms with Gasteiger partial charge in [0.2, 0.25) is 16.8 Å². The molecule has 15 heteroatoms. The molecule has 0 saturated carbocycles. The third-order valence-corrected chi connectivity index (χ3v) is 6.66. The van der Waals surface area contributed by atoms with Crippen LogP contribution in [0.5, 0.6) is 0 Å². The molecule has 0 bridgehead atoms. The van der Waals surface area contributed by atoms with Crippen molar-refractivity contribution in [1.29, 1.82) is 0 Å². The van der Waals surface area contributed by atoms with Gasteiger partial charge in [-0.2, -0.15) is 9.40 Å². The van der Waals surface area contributed by atoms with Crippen LogP contribution in [-0.4, -0.2) is 64.8 Å². The number of thiol groups is 1.